The van der Waals surface area contributed by atoms with Crippen LogP contribution in [0.15, 0.2) is 35.6 Å². The van der Waals surface area contributed by atoms with E-state index in [4.69, 9.17) is 47.5 Å². The molecule has 0 aliphatic carbocycles. The lowest BCUT2D eigenvalue weighted by molar-refractivity contribution is -0.319. The average molecular weight is 1160 g/mol. The van der Waals surface area contributed by atoms with E-state index < -0.39 is 133 Å². The minimum atomic E-state index is -1.94. The van der Waals surface area contributed by atoms with Gasteiger partial charge in [-0.1, -0.05) is 50.2 Å². The third-order valence-electron chi connectivity index (χ3n) is 17.5. The van der Waals surface area contributed by atoms with Gasteiger partial charge < -0.3 is 77.7 Å². The summed E-state index contributed by atoms with van der Waals surface area (Å²) in [5.41, 5.74) is -1.37. The van der Waals surface area contributed by atoms with Crippen LogP contribution < -0.4 is 4.90 Å². The molecular formula is C57H95FN6O15S. The van der Waals surface area contributed by atoms with Gasteiger partial charge in [-0.05, 0) is 91.8 Å². The van der Waals surface area contributed by atoms with Crippen LogP contribution in [0.25, 0.3) is 0 Å². The maximum absolute atomic E-state index is 15.0. The molecule has 0 saturated carbocycles. The molecule has 23 heteroatoms. The van der Waals surface area contributed by atoms with Crippen molar-refractivity contribution in [3.63, 3.8) is 0 Å². The van der Waals surface area contributed by atoms with Gasteiger partial charge >= 0.3 is 5.97 Å². The SMILES string of the molecule is CC[C@H]1OC(=O)[C@H](C)[C@@H](O[C@H]2C[C@@](C)(OC)[C@@H](O)[C@H](C)O2)[C@H](C)[C@@H](O[C@@H]2O[C@H](C)C[C@H](N(C)CCc3cn([C@H](CF)[C@H](OC)c4ccc(N5CCOCC5)cc4)nn3)[C@H]2O)[C@](C)(OC)C[C@@H](C)/C(=N\OCSC)[C@H](C)[C@@H](O)[C@]1(C)O. The molecule has 21 nitrogen and oxygen atoms in total. The minimum absolute atomic E-state index is 0.0944. The predicted octanol–water partition coefficient (Wildman–Crippen LogP) is 5.50. The molecule has 5 heterocycles. The highest BCUT2D eigenvalue weighted by molar-refractivity contribution is 7.98. The largest absolute Gasteiger partial charge is 0.459 e. The summed E-state index contributed by atoms with van der Waals surface area (Å²) in [7, 11) is 6.54. The normalized spacial score (nSPS) is 38.5. The number of halogens is 1. The second kappa shape index (κ2) is 29.1. The van der Waals surface area contributed by atoms with E-state index in [0.29, 0.717) is 44.0 Å². The first kappa shape index (κ1) is 66.0. The van der Waals surface area contributed by atoms with Crippen molar-refractivity contribution in [2.45, 2.75) is 198 Å². The Balaban J connectivity index is 1.30. The van der Waals surface area contributed by atoms with Crippen molar-refractivity contribution in [2.75, 3.05) is 85.0 Å². The number of hydrogen-bond donors (Lipinski definition) is 4. The summed E-state index contributed by atoms with van der Waals surface area (Å²) in [6, 6.07) is 6.70. The highest BCUT2D eigenvalue weighted by atomic mass is 32.2. The summed E-state index contributed by atoms with van der Waals surface area (Å²) in [5, 5.41) is 61.3. The molecule has 6 rings (SSSR count). The number of aromatic nitrogens is 3. The van der Waals surface area contributed by atoms with Crippen LogP contribution in [-0.2, 0) is 58.7 Å². The number of alkyl halides is 1. The Bertz CT molecular complexity index is 2250. The zero-order valence-corrected chi connectivity index (χ0v) is 50.8. The molecule has 0 radical (unpaired) electrons. The highest BCUT2D eigenvalue weighted by Crippen LogP contribution is 2.43. The average Bonchev–Trinajstić information content (AvgIpc) is 4.01. The maximum atomic E-state index is 15.0. The van der Waals surface area contributed by atoms with Gasteiger partial charge in [-0.3, -0.25) is 4.79 Å². The van der Waals surface area contributed by atoms with E-state index in [0.717, 1.165) is 24.3 Å². The molecule has 80 heavy (non-hydrogen) atoms. The first-order valence-electron chi connectivity index (χ1n) is 28.4. The minimum Gasteiger partial charge on any atom is -0.459 e. The number of rotatable bonds is 20. The molecule has 4 saturated heterocycles. The van der Waals surface area contributed by atoms with Crippen molar-refractivity contribution in [1.82, 2.24) is 19.9 Å². The van der Waals surface area contributed by atoms with Gasteiger partial charge in [-0.15, -0.1) is 16.9 Å². The Morgan fingerprint density at radius 1 is 0.938 bits per heavy atom. The molecule has 0 spiro atoms. The Labute approximate surface area is 477 Å². The number of methoxy groups -OCH3 is 3. The molecule has 20 atom stereocenters. The number of benzene rings is 1. The van der Waals surface area contributed by atoms with E-state index in [9.17, 15) is 25.2 Å². The van der Waals surface area contributed by atoms with Crippen LogP contribution in [0.3, 0.4) is 0 Å². The number of ether oxygens (including phenoxy) is 9. The first-order chi connectivity index (χ1) is 37.9. The van der Waals surface area contributed by atoms with Gasteiger partial charge in [0.1, 0.15) is 42.7 Å². The van der Waals surface area contributed by atoms with Crippen LogP contribution in [0.4, 0.5) is 10.1 Å². The van der Waals surface area contributed by atoms with E-state index in [-0.39, 0.29) is 25.2 Å². The summed E-state index contributed by atoms with van der Waals surface area (Å²) in [6.07, 6.45) is -5.99. The monoisotopic (exact) mass is 1150 g/mol. The third-order valence-corrected chi connectivity index (χ3v) is 17.9. The summed E-state index contributed by atoms with van der Waals surface area (Å²) in [6.45, 7) is 20.3. The Morgan fingerprint density at radius 3 is 2.23 bits per heavy atom. The molecular weight excluding hydrogens is 1060 g/mol. The molecule has 0 amide bonds. The fraction of sp³-hybridized carbons (Fsp3) is 0.825. The van der Waals surface area contributed by atoms with Crippen molar-refractivity contribution in [2.24, 2.45) is 28.8 Å². The zero-order valence-electron chi connectivity index (χ0n) is 49.9. The maximum Gasteiger partial charge on any atom is 0.311 e. The lowest BCUT2D eigenvalue weighted by Crippen LogP contribution is -2.61. The van der Waals surface area contributed by atoms with E-state index in [1.807, 2.05) is 70.2 Å². The molecule has 1 aromatic heterocycles. The molecule has 1 aromatic carbocycles. The van der Waals surface area contributed by atoms with Gasteiger partial charge in [0, 0.05) is 89.5 Å². The van der Waals surface area contributed by atoms with Crippen molar-refractivity contribution in [1.29, 1.82) is 0 Å². The van der Waals surface area contributed by atoms with Crippen LogP contribution in [0, 0.1) is 23.7 Å². The van der Waals surface area contributed by atoms with Crippen molar-refractivity contribution >= 4 is 29.1 Å². The Hall–Kier alpha value is -3.14. The number of morpholine rings is 1. The summed E-state index contributed by atoms with van der Waals surface area (Å²) >= 11 is 1.42. The van der Waals surface area contributed by atoms with Gasteiger partial charge in [0.15, 0.2) is 18.5 Å². The molecule has 4 aliphatic rings. The standard InChI is InChI=1S/C57H95FN6O15S/c1-16-44-57(10,69)50(66)35(4)46(60-74-32-80-15)33(2)28-56(9,72-14)52(36(5)48(37(6)53(68)77-44)78-45-29-55(8,71-13)51(67)38(7)76-45)79-54-47(65)42(27-34(3)75-54)62(11)22-21-40-31-64(61-59-40)43(30-58)49(70-12)39-17-19-41(20-18-39)63-23-25-73-26-24-63/h17-20,31,33-38,42-45,47-52,54,65-67,69H,16,21-30,32H2,1-15H3/b60-46+/t33-,34-,35+,36+,37-,38+,42+,43-,44-,45+,47-,48+,49-,50-,51+,52-,54+,55-,56-,57-/m1/s1. The lowest BCUT2D eigenvalue weighted by Gasteiger charge is -2.50. The number of esters is 1. The number of oxime groups is 1. The number of aliphatic hydroxyl groups is 4. The van der Waals surface area contributed by atoms with Gasteiger partial charge in [0.05, 0.1) is 72.3 Å². The van der Waals surface area contributed by atoms with E-state index in [1.54, 1.807) is 55.0 Å². The van der Waals surface area contributed by atoms with Crippen molar-refractivity contribution in [3.8, 4) is 0 Å². The van der Waals surface area contributed by atoms with Crippen LogP contribution in [-0.4, -0.2) is 216 Å². The van der Waals surface area contributed by atoms with E-state index >= 15 is 4.39 Å². The quantitative estimate of drug-likeness (QED) is 0.0554. The van der Waals surface area contributed by atoms with Crippen LogP contribution in [0.1, 0.15) is 118 Å². The Morgan fingerprint density at radius 2 is 1.61 bits per heavy atom. The fourth-order valence-electron chi connectivity index (χ4n) is 12.4. The lowest BCUT2D eigenvalue weighted by atomic mass is 9.73. The molecule has 4 N–H and O–H groups in total. The molecule has 0 bridgehead atoms. The van der Waals surface area contributed by atoms with Crippen LogP contribution in [0.2, 0.25) is 0 Å². The second-order valence-electron chi connectivity index (χ2n) is 23.3. The zero-order chi connectivity index (χ0) is 58.9. The number of hydrogen-bond acceptors (Lipinski definition) is 21. The number of thioether (sulfide) groups is 1. The molecule has 0 unspecified atom stereocenters. The third kappa shape index (κ3) is 15.2. The van der Waals surface area contributed by atoms with Crippen molar-refractivity contribution in [3.05, 3.63) is 41.7 Å². The molecule has 4 aliphatic heterocycles. The number of cyclic esters (lactones) is 1. The van der Waals surface area contributed by atoms with E-state index in [2.05, 4.69) is 20.4 Å². The number of anilines is 1. The van der Waals surface area contributed by atoms with E-state index in [1.165, 1.54) is 30.5 Å². The molecule has 4 fully saturated rings. The highest BCUT2D eigenvalue weighted by Gasteiger charge is 2.54. The summed E-state index contributed by atoms with van der Waals surface area (Å²) in [4.78, 5) is 24.8. The smallest absolute Gasteiger partial charge is 0.311 e. The van der Waals surface area contributed by atoms with Gasteiger partial charge in [0.2, 0.25) is 0 Å². The number of nitrogens with zero attached hydrogens (tertiary/aromatic N) is 6. The van der Waals surface area contributed by atoms with Gasteiger partial charge in [0.25, 0.3) is 0 Å². The van der Waals surface area contributed by atoms with Crippen LogP contribution in [0.5, 0.6) is 0 Å². The molecule has 2 aromatic rings. The topological polar surface area (TPSA) is 240 Å². The van der Waals surface area contributed by atoms with Crippen molar-refractivity contribution < 1.29 is 77.1 Å². The Kier molecular flexibility index (Phi) is 24.0. The van der Waals surface area contributed by atoms with Gasteiger partial charge in [-0.2, -0.15) is 0 Å². The number of carbonyl (C=O) groups excluding carboxylic acids is 1. The molecule has 456 valence electrons. The first-order valence-corrected chi connectivity index (χ1v) is 29.8. The number of carbonyl (C=O) groups is 1. The predicted molar refractivity (Wildman–Crippen MR) is 300 cm³/mol. The summed E-state index contributed by atoms with van der Waals surface area (Å²) in [5.74, 6) is -3.63. The second-order valence-corrected chi connectivity index (χ2v) is 24.1. The van der Waals surface area contributed by atoms with Crippen LogP contribution >= 0.6 is 11.8 Å². The number of aliphatic hydroxyl groups excluding tert-OH is 3. The summed E-state index contributed by atoms with van der Waals surface area (Å²) < 4.78 is 73.5. The van der Waals surface area contributed by atoms with Gasteiger partial charge in [-0.25, -0.2) is 9.07 Å². The fourth-order valence-corrected chi connectivity index (χ4v) is 12.6. The number of likely N-dealkylation sites (N-methyl/N-ethyl adjacent to an activating group) is 1.